The highest BCUT2D eigenvalue weighted by Crippen LogP contribution is 2.33. The van der Waals surface area contributed by atoms with Crippen LogP contribution in [0.1, 0.15) is 20.3 Å². The molecule has 1 fully saturated rings. The van der Waals surface area contributed by atoms with Crippen molar-refractivity contribution in [2.45, 2.75) is 38.9 Å². The van der Waals surface area contributed by atoms with Gasteiger partial charge < -0.3 is 19.4 Å². The van der Waals surface area contributed by atoms with Gasteiger partial charge in [-0.3, -0.25) is 0 Å². The molecule has 2 N–H and O–H groups in total. The van der Waals surface area contributed by atoms with E-state index < -0.39 is 5.69 Å². The highest BCUT2D eigenvalue weighted by atomic mass is 19.1. The van der Waals surface area contributed by atoms with Crippen LogP contribution in [0.4, 0.5) is 8.78 Å². The molecule has 1 aliphatic rings. The number of nitrogens with zero attached hydrogens (tertiary/aromatic N) is 5. The van der Waals surface area contributed by atoms with Crippen molar-refractivity contribution in [1.82, 2.24) is 34.1 Å². The zero-order chi connectivity index (χ0) is 26.6. The summed E-state index contributed by atoms with van der Waals surface area (Å²) in [6.07, 6.45) is 4.63. The Morgan fingerprint density at radius 3 is 2.37 bits per heavy atom. The second-order valence-corrected chi connectivity index (χ2v) is 10.5. The van der Waals surface area contributed by atoms with Crippen molar-refractivity contribution in [1.29, 1.82) is 0 Å². The first-order chi connectivity index (χ1) is 18.3. The highest BCUT2D eigenvalue weighted by Gasteiger charge is 2.23. The fraction of sp³-hybridized carbons (Fsp3) is 0.357. The van der Waals surface area contributed by atoms with Crippen molar-refractivity contribution in [2.24, 2.45) is 7.05 Å². The molecule has 6 rings (SSSR count). The molecule has 2 unspecified atom stereocenters. The van der Waals surface area contributed by atoms with E-state index in [1.807, 2.05) is 24.0 Å². The van der Waals surface area contributed by atoms with Gasteiger partial charge in [-0.15, -0.1) is 0 Å². The first-order valence-corrected chi connectivity index (χ1v) is 13.0. The molecule has 0 spiro atoms. The third-order valence-corrected chi connectivity index (χ3v) is 7.43. The van der Waals surface area contributed by atoms with Gasteiger partial charge in [0.15, 0.2) is 5.82 Å². The third kappa shape index (κ3) is 4.33. The number of piperazine rings is 1. The highest BCUT2D eigenvalue weighted by molar-refractivity contribution is 5.96. The van der Waals surface area contributed by atoms with Crippen molar-refractivity contribution >= 4 is 21.8 Å². The quantitative estimate of drug-likeness (QED) is 0.355. The lowest BCUT2D eigenvalue weighted by Gasteiger charge is -2.36. The number of nitrogens with one attached hydrogen (secondary N) is 2. The second kappa shape index (κ2) is 9.52. The van der Waals surface area contributed by atoms with Crippen LogP contribution >= 0.6 is 0 Å². The number of hydrogen-bond acceptors (Lipinski definition) is 4. The van der Waals surface area contributed by atoms with Gasteiger partial charge >= 0.3 is 5.69 Å². The van der Waals surface area contributed by atoms with E-state index in [1.54, 1.807) is 12.1 Å². The summed E-state index contributed by atoms with van der Waals surface area (Å²) in [5, 5.41) is 11.7. The van der Waals surface area contributed by atoms with Crippen LogP contribution in [0, 0.1) is 11.6 Å². The number of benzene rings is 2. The Labute approximate surface area is 218 Å². The molecular weight excluding hydrogens is 488 g/mol. The zero-order valence-corrected chi connectivity index (χ0v) is 21.7. The molecule has 0 saturated carbocycles. The van der Waals surface area contributed by atoms with Gasteiger partial charge in [0, 0.05) is 73.0 Å². The van der Waals surface area contributed by atoms with Crippen LogP contribution in [-0.4, -0.2) is 60.5 Å². The Balaban J connectivity index is 1.40. The van der Waals surface area contributed by atoms with Crippen LogP contribution in [-0.2, 0) is 13.6 Å². The van der Waals surface area contributed by atoms with E-state index in [2.05, 4.69) is 38.8 Å². The van der Waals surface area contributed by atoms with Crippen LogP contribution in [0.15, 0.2) is 53.6 Å². The molecule has 3 aromatic heterocycles. The molecule has 38 heavy (non-hydrogen) atoms. The number of rotatable bonds is 6. The molecule has 198 valence electrons. The van der Waals surface area contributed by atoms with Crippen LogP contribution in [0.5, 0.6) is 0 Å². The van der Waals surface area contributed by atoms with Crippen molar-refractivity contribution < 1.29 is 8.78 Å². The maximum Gasteiger partial charge on any atom is 0.348 e. The Hall–Kier alpha value is -3.76. The summed E-state index contributed by atoms with van der Waals surface area (Å²) >= 11 is 0. The van der Waals surface area contributed by atoms with Crippen molar-refractivity contribution in [2.75, 3.05) is 19.6 Å². The summed E-state index contributed by atoms with van der Waals surface area (Å²) in [5.41, 5.74) is 2.35. The lowest BCUT2D eigenvalue weighted by atomic mass is 10.1. The summed E-state index contributed by atoms with van der Waals surface area (Å²) in [6.45, 7) is 8.08. The lowest BCUT2D eigenvalue weighted by molar-refractivity contribution is 0.170. The molecule has 1 aliphatic heterocycles. The van der Waals surface area contributed by atoms with E-state index in [1.165, 1.54) is 28.8 Å². The minimum absolute atomic E-state index is 0.346. The average Bonchev–Trinajstić information content (AvgIpc) is 3.51. The molecule has 0 bridgehead atoms. The molecule has 10 heteroatoms. The maximum absolute atomic E-state index is 14.4. The minimum atomic E-state index is -0.444. The molecule has 1 saturated heterocycles. The monoisotopic (exact) mass is 519 g/mol. The van der Waals surface area contributed by atoms with E-state index in [0.29, 0.717) is 39.9 Å². The first-order valence-electron chi connectivity index (χ1n) is 13.0. The van der Waals surface area contributed by atoms with E-state index in [-0.39, 0.29) is 11.6 Å². The van der Waals surface area contributed by atoms with Crippen LogP contribution in [0.3, 0.4) is 0 Å². The van der Waals surface area contributed by atoms with Crippen molar-refractivity contribution in [3.8, 4) is 17.1 Å². The summed E-state index contributed by atoms with van der Waals surface area (Å²) in [7, 11) is 1.86. The summed E-state index contributed by atoms with van der Waals surface area (Å²) in [6, 6.07) is 10.1. The number of H-pyrrole nitrogens is 1. The van der Waals surface area contributed by atoms with Gasteiger partial charge in [0.2, 0.25) is 0 Å². The van der Waals surface area contributed by atoms with E-state index >= 15 is 0 Å². The molecule has 0 amide bonds. The molecule has 8 nitrogen and oxygen atoms in total. The largest absolute Gasteiger partial charge is 0.350 e. The second-order valence-electron chi connectivity index (χ2n) is 10.5. The predicted molar refractivity (Wildman–Crippen MR) is 145 cm³/mol. The van der Waals surface area contributed by atoms with E-state index in [4.69, 9.17) is 0 Å². The lowest BCUT2D eigenvalue weighted by Crippen LogP contribution is -2.54. The summed E-state index contributed by atoms with van der Waals surface area (Å²) in [4.78, 5) is 15.6. The molecule has 0 radical (unpaired) electrons. The smallest absolute Gasteiger partial charge is 0.348 e. The minimum Gasteiger partial charge on any atom is -0.350 e. The summed E-state index contributed by atoms with van der Waals surface area (Å²) in [5.74, 6) is -0.412. The predicted octanol–water partition coefficient (Wildman–Crippen LogP) is 4.02. The zero-order valence-electron chi connectivity index (χ0n) is 21.7. The van der Waals surface area contributed by atoms with E-state index in [9.17, 15) is 13.6 Å². The van der Waals surface area contributed by atoms with Crippen LogP contribution in [0.25, 0.3) is 38.9 Å². The number of aromatic nitrogens is 5. The van der Waals surface area contributed by atoms with Crippen LogP contribution in [0.2, 0.25) is 0 Å². The van der Waals surface area contributed by atoms with Crippen LogP contribution < -0.4 is 11.0 Å². The van der Waals surface area contributed by atoms with Gasteiger partial charge in [-0.2, -0.15) is 5.10 Å². The normalized spacial score (nSPS) is 18.7. The number of fused-ring (bicyclic) bond motifs is 2. The molecular formula is C28H31F2N7O. The fourth-order valence-electron chi connectivity index (χ4n) is 5.94. The SMILES string of the molecule is CC1CN(CCCn2cc(-n3c(-c4cn(C)c5ccc(F)cc45)n[nH]c3=O)c3cc(F)ccc32)CC(C)N1. The molecule has 4 heterocycles. The first kappa shape index (κ1) is 24.6. The van der Waals surface area contributed by atoms with Crippen molar-refractivity contribution in [3.05, 3.63) is 70.9 Å². The topological polar surface area (TPSA) is 75.8 Å². The maximum atomic E-state index is 14.4. The summed E-state index contributed by atoms with van der Waals surface area (Å²) < 4.78 is 34.0. The molecule has 5 aromatic rings. The van der Waals surface area contributed by atoms with Gasteiger partial charge in [0.05, 0.1) is 11.2 Å². The van der Waals surface area contributed by atoms with E-state index in [0.717, 1.165) is 43.6 Å². The van der Waals surface area contributed by atoms with Gasteiger partial charge in [0.1, 0.15) is 11.6 Å². The Kier molecular flexibility index (Phi) is 6.16. The van der Waals surface area contributed by atoms with Gasteiger partial charge in [-0.05, 0) is 63.2 Å². The number of halogens is 2. The number of hydrogen-bond donors (Lipinski definition) is 2. The number of aryl methyl sites for hydroxylation is 2. The molecule has 2 atom stereocenters. The van der Waals surface area contributed by atoms with Gasteiger partial charge in [-0.1, -0.05) is 0 Å². The number of aromatic amines is 1. The standard InChI is InChI=1S/C28H31F2N7O/c1-17-13-35(14-18(2)31-17)9-4-10-36-16-26(22-12-20(30)6-8-25(22)36)37-27(32-33-28(37)38)23-15-34(3)24-7-5-19(29)11-21(23)24/h5-8,11-12,15-18,31H,4,9-10,13-14H2,1-3H3,(H,33,38). The Morgan fingerprint density at radius 2 is 1.63 bits per heavy atom. The average molecular weight is 520 g/mol. The Morgan fingerprint density at radius 1 is 0.947 bits per heavy atom. The van der Waals surface area contributed by atoms with Gasteiger partial charge in [-0.25, -0.2) is 23.2 Å². The Bertz CT molecular complexity index is 1680. The third-order valence-electron chi connectivity index (χ3n) is 7.43. The van der Waals surface area contributed by atoms with Gasteiger partial charge in [0.25, 0.3) is 0 Å². The molecule has 0 aliphatic carbocycles. The fourth-order valence-corrected chi connectivity index (χ4v) is 5.94. The van der Waals surface area contributed by atoms with Crippen molar-refractivity contribution in [3.63, 3.8) is 0 Å². The molecule has 2 aromatic carbocycles.